The van der Waals surface area contributed by atoms with Crippen molar-refractivity contribution >= 4 is 5.69 Å². The van der Waals surface area contributed by atoms with Gasteiger partial charge in [-0.3, -0.25) is 0 Å². The highest BCUT2D eigenvalue weighted by Crippen LogP contribution is 2.21. The number of anilines is 1. The zero-order valence-corrected chi connectivity index (χ0v) is 9.76. The van der Waals surface area contributed by atoms with Crippen molar-refractivity contribution in [2.45, 2.75) is 19.8 Å². The van der Waals surface area contributed by atoms with E-state index in [2.05, 4.69) is 16.9 Å². The second-order valence-electron chi connectivity index (χ2n) is 3.77. The topological polar surface area (TPSA) is 61.0 Å². The van der Waals surface area contributed by atoms with E-state index >= 15 is 0 Å². The van der Waals surface area contributed by atoms with Gasteiger partial charge in [0.05, 0.1) is 0 Å². The van der Waals surface area contributed by atoms with Crippen molar-refractivity contribution in [3.63, 3.8) is 0 Å². The molecule has 0 aliphatic rings. The smallest absolute Gasteiger partial charge is 0.222 e. The summed E-state index contributed by atoms with van der Waals surface area (Å²) in [6, 6.07) is 9.13. The summed E-state index contributed by atoms with van der Waals surface area (Å²) in [5.41, 5.74) is 7.34. The Balaban J connectivity index is 2.15. The van der Waals surface area contributed by atoms with E-state index in [1.807, 2.05) is 24.3 Å². The summed E-state index contributed by atoms with van der Waals surface area (Å²) in [5, 5.41) is 0. The normalized spacial score (nSPS) is 10.2. The number of hydrogen-bond donors (Lipinski definition) is 1. The van der Waals surface area contributed by atoms with E-state index in [9.17, 15) is 0 Å². The molecular weight excluding hydrogens is 214 g/mol. The Morgan fingerprint density at radius 1 is 1.24 bits per heavy atom. The third-order valence-electron chi connectivity index (χ3n) is 2.29. The van der Waals surface area contributed by atoms with Crippen LogP contribution in [0.25, 0.3) is 0 Å². The molecule has 0 aliphatic carbocycles. The Morgan fingerprint density at radius 3 is 2.88 bits per heavy atom. The van der Waals surface area contributed by atoms with Gasteiger partial charge in [0, 0.05) is 23.5 Å². The maximum Gasteiger partial charge on any atom is 0.222 e. The third-order valence-corrected chi connectivity index (χ3v) is 2.29. The summed E-state index contributed by atoms with van der Waals surface area (Å²) in [5.74, 6) is 1.24. The lowest BCUT2D eigenvalue weighted by atomic mass is 10.2. The van der Waals surface area contributed by atoms with Gasteiger partial charge >= 0.3 is 0 Å². The Hall–Kier alpha value is -2.10. The van der Waals surface area contributed by atoms with Gasteiger partial charge in [-0.15, -0.1) is 0 Å². The summed E-state index contributed by atoms with van der Waals surface area (Å²) < 4.78 is 5.62. The Morgan fingerprint density at radius 2 is 2.12 bits per heavy atom. The minimum atomic E-state index is 0.550. The fraction of sp³-hybridized carbons (Fsp3) is 0.231. The Bertz CT molecular complexity index is 500. The van der Waals surface area contributed by atoms with Gasteiger partial charge in [0.25, 0.3) is 0 Å². The number of aryl methyl sites for hydroxylation is 1. The molecule has 0 fully saturated rings. The summed E-state index contributed by atoms with van der Waals surface area (Å²) in [6.07, 6.45) is 3.50. The van der Waals surface area contributed by atoms with Crippen LogP contribution in [-0.2, 0) is 6.42 Å². The highest BCUT2D eigenvalue weighted by Gasteiger charge is 2.01. The maximum atomic E-state index is 5.68. The Labute approximate surface area is 100 Å². The summed E-state index contributed by atoms with van der Waals surface area (Å²) >= 11 is 0. The van der Waals surface area contributed by atoms with Crippen LogP contribution in [0.1, 0.15) is 19.0 Å². The molecule has 0 saturated carbocycles. The lowest BCUT2D eigenvalue weighted by molar-refractivity contribution is 0.460. The SMILES string of the molecule is CCCc1cc(Oc2cccc(N)c2)ncn1. The van der Waals surface area contributed by atoms with Crippen LogP contribution < -0.4 is 10.5 Å². The van der Waals surface area contributed by atoms with Crippen molar-refractivity contribution in [2.24, 2.45) is 0 Å². The first kappa shape index (κ1) is 11.4. The van der Waals surface area contributed by atoms with Gasteiger partial charge in [0.2, 0.25) is 5.88 Å². The number of rotatable bonds is 4. The molecule has 0 bridgehead atoms. The number of nitrogens with two attached hydrogens (primary N) is 1. The van der Waals surface area contributed by atoms with Crippen LogP contribution in [0, 0.1) is 0 Å². The van der Waals surface area contributed by atoms with E-state index in [0.29, 0.717) is 17.3 Å². The molecule has 17 heavy (non-hydrogen) atoms. The molecule has 1 heterocycles. The molecule has 0 amide bonds. The molecule has 0 atom stereocenters. The molecule has 2 aromatic rings. The van der Waals surface area contributed by atoms with Crippen molar-refractivity contribution < 1.29 is 4.74 Å². The predicted octanol–water partition coefficient (Wildman–Crippen LogP) is 2.80. The summed E-state index contributed by atoms with van der Waals surface area (Å²) in [6.45, 7) is 2.11. The van der Waals surface area contributed by atoms with Crippen LogP contribution in [0.3, 0.4) is 0 Å². The van der Waals surface area contributed by atoms with Crippen molar-refractivity contribution in [3.05, 3.63) is 42.4 Å². The largest absolute Gasteiger partial charge is 0.439 e. The van der Waals surface area contributed by atoms with Gasteiger partial charge in [0.1, 0.15) is 12.1 Å². The first-order valence-electron chi connectivity index (χ1n) is 5.62. The van der Waals surface area contributed by atoms with Gasteiger partial charge in [-0.2, -0.15) is 0 Å². The van der Waals surface area contributed by atoms with E-state index in [-0.39, 0.29) is 0 Å². The minimum Gasteiger partial charge on any atom is -0.439 e. The molecule has 0 aliphatic heterocycles. The molecule has 1 aromatic heterocycles. The van der Waals surface area contributed by atoms with Crippen molar-refractivity contribution in [2.75, 3.05) is 5.73 Å². The van der Waals surface area contributed by atoms with E-state index in [4.69, 9.17) is 10.5 Å². The minimum absolute atomic E-state index is 0.550. The van der Waals surface area contributed by atoms with Crippen LogP contribution in [0.4, 0.5) is 5.69 Å². The van der Waals surface area contributed by atoms with Crippen LogP contribution >= 0.6 is 0 Å². The second-order valence-corrected chi connectivity index (χ2v) is 3.77. The third kappa shape index (κ3) is 3.17. The molecule has 0 spiro atoms. The number of benzene rings is 1. The number of hydrogen-bond acceptors (Lipinski definition) is 4. The van der Waals surface area contributed by atoms with Crippen LogP contribution in [0.5, 0.6) is 11.6 Å². The summed E-state index contributed by atoms with van der Waals surface area (Å²) in [7, 11) is 0. The fourth-order valence-corrected chi connectivity index (χ4v) is 1.52. The molecule has 2 N–H and O–H groups in total. The van der Waals surface area contributed by atoms with Crippen LogP contribution in [0.2, 0.25) is 0 Å². The van der Waals surface area contributed by atoms with Gasteiger partial charge in [-0.1, -0.05) is 19.4 Å². The predicted molar refractivity (Wildman–Crippen MR) is 67.0 cm³/mol. The number of ether oxygens (including phenoxy) is 1. The van der Waals surface area contributed by atoms with E-state index in [1.165, 1.54) is 6.33 Å². The zero-order chi connectivity index (χ0) is 12.1. The molecule has 0 saturated heterocycles. The molecule has 0 radical (unpaired) electrons. The van der Waals surface area contributed by atoms with E-state index < -0.39 is 0 Å². The zero-order valence-electron chi connectivity index (χ0n) is 9.76. The number of nitrogen functional groups attached to an aromatic ring is 1. The summed E-state index contributed by atoms with van der Waals surface area (Å²) in [4.78, 5) is 8.24. The maximum absolute atomic E-state index is 5.68. The molecule has 4 heteroatoms. The van der Waals surface area contributed by atoms with Crippen LogP contribution in [0.15, 0.2) is 36.7 Å². The average molecular weight is 229 g/mol. The van der Waals surface area contributed by atoms with Crippen LogP contribution in [-0.4, -0.2) is 9.97 Å². The van der Waals surface area contributed by atoms with Gasteiger partial charge in [-0.05, 0) is 18.6 Å². The molecular formula is C13H15N3O. The van der Waals surface area contributed by atoms with E-state index in [0.717, 1.165) is 18.5 Å². The fourth-order valence-electron chi connectivity index (χ4n) is 1.52. The average Bonchev–Trinajstić information content (AvgIpc) is 2.30. The standard InChI is InChI=1S/C13H15N3O/c1-2-4-11-8-13(16-9-15-11)17-12-6-3-5-10(14)7-12/h3,5-9H,2,4,14H2,1H3. The van der Waals surface area contributed by atoms with Gasteiger partial charge < -0.3 is 10.5 Å². The van der Waals surface area contributed by atoms with E-state index in [1.54, 1.807) is 6.07 Å². The van der Waals surface area contributed by atoms with Crippen molar-refractivity contribution in [3.8, 4) is 11.6 Å². The molecule has 2 rings (SSSR count). The monoisotopic (exact) mass is 229 g/mol. The lowest BCUT2D eigenvalue weighted by Gasteiger charge is -2.06. The van der Waals surface area contributed by atoms with Crippen molar-refractivity contribution in [1.29, 1.82) is 0 Å². The highest BCUT2D eigenvalue weighted by molar-refractivity contribution is 5.44. The lowest BCUT2D eigenvalue weighted by Crippen LogP contribution is -1.94. The molecule has 1 aromatic carbocycles. The second kappa shape index (κ2) is 5.30. The quantitative estimate of drug-likeness (QED) is 0.819. The van der Waals surface area contributed by atoms with Gasteiger partial charge in [-0.25, -0.2) is 9.97 Å². The molecule has 0 unspecified atom stereocenters. The highest BCUT2D eigenvalue weighted by atomic mass is 16.5. The first-order valence-corrected chi connectivity index (χ1v) is 5.62. The number of aromatic nitrogens is 2. The Kier molecular flexibility index (Phi) is 3.55. The first-order chi connectivity index (χ1) is 8.28. The van der Waals surface area contributed by atoms with Gasteiger partial charge in [0.15, 0.2) is 0 Å². The molecule has 88 valence electrons. The van der Waals surface area contributed by atoms with Crippen molar-refractivity contribution in [1.82, 2.24) is 9.97 Å². The number of nitrogens with zero attached hydrogens (tertiary/aromatic N) is 2. The molecule has 4 nitrogen and oxygen atoms in total.